The van der Waals surface area contributed by atoms with Crippen molar-refractivity contribution < 1.29 is 20.1 Å². The van der Waals surface area contributed by atoms with Crippen LogP contribution in [0.15, 0.2) is 42.5 Å². The number of carboxylic acid groups (broad SMARTS) is 1. The van der Waals surface area contributed by atoms with E-state index in [1.165, 1.54) is 30.3 Å². The van der Waals surface area contributed by atoms with Gasteiger partial charge < -0.3 is 20.6 Å². The minimum Gasteiger partial charge on any atom is -0.508 e. The van der Waals surface area contributed by atoms with Crippen LogP contribution in [0.5, 0.6) is 11.5 Å². The largest absolute Gasteiger partial charge is 0.508 e. The number of hydrogen-bond donors (Lipinski definition) is 4. The Hall–Kier alpha value is -2.60. The Morgan fingerprint density at radius 3 is 2.25 bits per heavy atom. The first-order valence-corrected chi connectivity index (χ1v) is 6.05. The van der Waals surface area contributed by atoms with Crippen molar-refractivity contribution in [2.24, 2.45) is 0 Å². The number of aromatic hydroxyl groups is 2. The standard InChI is InChI=1S/C14H11NO4S/c16-10-5-6-11(12(17)7-10)13(20)15-9-3-1-8(2-4-9)14(18)19/h1-7,16-17H,(H,15,20)(H,18,19). The maximum atomic E-state index is 10.7. The van der Waals surface area contributed by atoms with Crippen molar-refractivity contribution in [1.29, 1.82) is 0 Å². The molecule has 0 saturated heterocycles. The topological polar surface area (TPSA) is 89.8 Å². The molecule has 0 aromatic heterocycles. The van der Waals surface area contributed by atoms with Gasteiger partial charge in [0.05, 0.1) is 11.1 Å². The number of anilines is 1. The summed E-state index contributed by atoms with van der Waals surface area (Å²) in [4.78, 5) is 11.0. The molecule has 102 valence electrons. The van der Waals surface area contributed by atoms with Crippen LogP contribution >= 0.6 is 12.2 Å². The summed E-state index contributed by atoms with van der Waals surface area (Å²) in [6.07, 6.45) is 0. The molecule has 0 radical (unpaired) electrons. The second kappa shape index (κ2) is 5.58. The number of aromatic carboxylic acids is 1. The molecule has 4 N–H and O–H groups in total. The van der Waals surface area contributed by atoms with E-state index >= 15 is 0 Å². The van der Waals surface area contributed by atoms with Gasteiger partial charge in [0, 0.05) is 11.8 Å². The van der Waals surface area contributed by atoms with Crippen molar-refractivity contribution >= 4 is 28.9 Å². The molecule has 0 aliphatic carbocycles. The number of carbonyl (C=O) groups is 1. The molecule has 0 spiro atoms. The van der Waals surface area contributed by atoms with Crippen molar-refractivity contribution in [3.63, 3.8) is 0 Å². The summed E-state index contributed by atoms with van der Waals surface area (Å²) in [7, 11) is 0. The lowest BCUT2D eigenvalue weighted by Crippen LogP contribution is -2.10. The molecule has 0 fully saturated rings. The van der Waals surface area contributed by atoms with E-state index in [0.29, 0.717) is 11.3 Å². The van der Waals surface area contributed by atoms with Crippen LogP contribution in [0.1, 0.15) is 15.9 Å². The van der Waals surface area contributed by atoms with Gasteiger partial charge in [-0.2, -0.15) is 0 Å². The summed E-state index contributed by atoms with van der Waals surface area (Å²) in [5.74, 6) is -1.19. The second-order valence-corrected chi connectivity index (χ2v) is 4.45. The van der Waals surface area contributed by atoms with Crippen molar-refractivity contribution in [3.8, 4) is 11.5 Å². The molecule has 0 bridgehead atoms. The molecule has 6 heteroatoms. The smallest absolute Gasteiger partial charge is 0.335 e. The van der Waals surface area contributed by atoms with Gasteiger partial charge in [0.25, 0.3) is 0 Å². The van der Waals surface area contributed by atoms with Crippen LogP contribution in [0.4, 0.5) is 5.69 Å². The average molecular weight is 289 g/mol. The third-order valence-electron chi connectivity index (χ3n) is 2.62. The Balaban J connectivity index is 2.17. The van der Waals surface area contributed by atoms with Gasteiger partial charge in [0.2, 0.25) is 0 Å². The fourth-order valence-electron chi connectivity index (χ4n) is 1.61. The van der Waals surface area contributed by atoms with Gasteiger partial charge in [-0.1, -0.05) is 12.2 Å². The maximum Gasteiger partial charge on any atom is 0.335 e. The van der Waals surface area contributed by atoms with Crippen LogP contribution in [0.25, 0.3) is 0 Å². The molecule has 0 saturated carbocycles. The lowest BCUT2D eigenvalue weighted by Gasteiger charge is -2.10. The van der Waals surface area contributed by atoms with E-state index < -0.39 is 5.97 Å². The van der Waals surface area contributed by atoms with Crippen molar-refractivity contribution in [3.05, 3.63) is 53.6 Å². The molecule has 20 heavy (non-hydrogen) atoms. The molecular formula is C14H11NO4S. The molecular weight excluding hydrogens is 278 g/mol. The van der Waals surface area contributed by atoms with Gasteiger partial charge in [-0.05, 0) is 36.4 Å². The molecule has 0 aliphatic heterocycles. The maximum absolute atomic E-state index is 10.7. The summed E-state index contributed by atoms with van der Waals surface area (Å²) in [6.45, 7) is 0. The molecule has 0 aliphatic rings. The SMILES string of the molecule is O=C(O)c1ccc(NC(=S)c2ccc(O)cc2O)cc1. The molecule has 0 heterocycles. The summed E-state index contributed by atoms with van der Waals surface area (Å²) in [6, 6.07) is 10.1. The highest BCUT2D eigenvalue weighted by atomic mass is 32.1. The molecule has 5 nitrogen and oxygen atoms in total. The van der Waals surface area contributed by atoms with Gasteiger partial charge in [0.15, 0.2) is 0 Å². The lowest BCUT2D eigenvalue weighted by molar-refractivity contribution is 0.0697. The minimum atomic E-state index is -1.00. The van der Waals surface area contributed by atoms with Crippen LogP contribution in [-0.2, 0) is 0 Å². The number of thiocarbonyl (C=S) groups is 1. The molecule has 2 rings (SSSR count). The Kier molecular flexibility index (Phi) is 3.86. The summed E-state index contributed by atoms with van der Waals surface area (Å²) in [5, 5.41) is 30.6. The van der Waals surface area contributed by atoms with E-state index in [9.17, 15) is 15.0 Å². The molecule has 0 atom stereocenters. The van der Waals surface area contributed by atoms with Crippen molar-refractivity contribution in [2.75, 3.05) is 5.32 Å². The summed E-state index contributed by atoms with van der Waals surface area (Å²) < 4.78 is 0. The number of carboxylic acids is 1. The Labute approximate surface area is 120 Å². The Morgan fingerprint density at radius 2 is 1.70 bits per heavy atom. The van der Waals surface area contributed by atoms with Gasteiger partial charge in [-0.3, -0.25) is 0 Å². The fraction of sp³-hybridized carbons (Fsp3) is 0. The predicted octanol–water partition coefficient (Wildman–Crippen LogP) is 2.58. The first kappa shape index (κ1) is 13.8. The van der Waals surface area contributed by atoms with Gasteiger partial charge in [0.1, 0.15) is 16.5 Å². The predicted molar refractivity (Wildman–Crippen MR) is 78.5 cm³/mol. The lowest BCUT2D eigenvalue weighted by atomic mass is 10.1. The number of hydrogen-bond acceptors (Lipinski definition) is 4. The molecule has 2 aromatic rings. The van der Waals surface area contributed by atoms with Gasteiger partial charge in [-0.25, -0.2) is 4.79 Å². The number of phenols is 2. The van der Waals surface area contributed by atoms with E-state index in [1.807, 2.05) is 0 Å². The molecule has 2 aromatic carbocycles. The number of rotatable bonds is 3. The quantitative estimate of drug-likeness (QED) is 0.649. The van der Waals surface area contributed by atoms with Gasteiger partial charge >= 0.3 is 5.97 Å². The minimum absolute atomic E-state index is 0.0557. The van der Waals surface area contributed by atoms with Crippen molar-refractivity contribution in [1.82, 2.24) is 0 Å². The Morgan fingerprint density at radius 1 is 1.05 bits per heavy atom. The number of benzene rings is 2. The van der Waals surface area contributed by atoms with Crippen LogP contribution in [0, 0.1) is 0 Å². The number of phenolic OH excluding ortho intramolecular Hbond substituents is 2. The monoisotopic (exact) mass is 289 g/mol. The summed E-state index contributed by atoms with van der Waals surface area (Å²) >= 11 is 5.15. The highest BCUT2D eigenvalue weighted by molar-refractivity contribution is 7.81. The normalized spacial score (nSPS) is 10.0. The van der Waals surface area contributed by atoms with E-state index in [2.05, 4.69) is 5.32 Å². The Bertz CT molecular complexity index is 667. The van der Waals surface area contributed by atoms with E-state index in [1.54, 1.807) is 12.1 Å². The van der Waals surface area contributed by atoms with Gasteiger partial charge in [-0.15, -0.1) is 0 Å². The highest BCUT2D eigenvalue weighted by Gasteiger charge is 2.09. The third-order valence-corrected chi connectivity index (χ3v) is 2.94. The zero-order valence-corrected chi connectivity index (χ0v) is 11.0. The van der Waals surface area contributed by atoms with Crippen LogP contribution < -0.4 is 5.32 Å². The van der Waals surface area contributed by atoms with E-state index in [4.69, 9.17) is 17.3 Å². The third kappa shape index (κ3) is 3.04. The van der Waals surface area contributed by atoms with E-state index in [-0.39, 0.29) is 22.1 Å². The highest BCUT2D eigenvalue weighted by Crippen LogP contribution is 2.24. The molecule has 0 amide bonds. The zero-order valence-electron chi connectivity index (χ0n) is 10.2. The summed E-state index contributed by atoms with van der Waals surface area (Å²) in [5.41, 5.74) is 1.15. The van der Waals surface area contributed by atoms with Crippen LogP contribution in [0.3, 0.4) is 0 Å². The first-order chi connectivity index (χ1) is 9.47. The van der Waals surface area contributed by atoms with Crippen molar-refractivity contribution in [2.45, 2.75) is 0 Å². The first-order valence-electron chi connectivity index (χ1n) is 5.64. The second-order valence-electron chi connectivity index (χ2n) is 4.04. The number of nitrogens with one attached hydrogen (secondary N) is 1. The average Bonchev–Trinajstić information content (AvgIpc) is 2.39. The van der Waals surface area contributed by atoms with Crippen LogP contribution in [-0.4, -0.2) is 26.3 Å². The molecule has 0 unspecified atom stereocenters. The zero-order chi connectivity index (χ0) is 14.7. The fourth-order valence-corrected chi connectivity index (χ4v) is 1.90. The van der Waals surface area contributed by atoms with E-state index in [0.717, 1.165) is 0 Å². The van der Waals surface area contributed by atoms with Crippen LogP contribution in [0.2, 0.25) is 0 Å².